The SMILES string of the molecule is CCC1CCC[C@H]1CN(CC(=O)N[C@H](C=O)C[C@@H]1CCCNC1=O)C(=O)c1cc2ccccc2[nH]1. The molecule has 2 aliphatic rings. The molecule has 188 valence electrons. The summed E-state index contributed by atoms with van der Waals surface area (Å²) in [6, 6.07) is 8.77. The van der Waals surface area contributed by atoms with Gasteiger partial charge in [0, 0.05) is 29.9 Å². The van der Waals surface area contributed by atoms with Gasteiger partial charge in [-0.1, -0.05) is 44.4 Å². The van der Waals surface area contributed by atoms with E-state index in [9.17, 15) is 19.2 Å². The predicted molar refractivity (Wildman–Crippen MR) is 134 cm³/mol. The fraction of sp³-hybridized carbons (Fsp3) is 0.556. The second-order valence-electron chi connectivity index (χ2n) is 9.99. The number of fused-ring (bicyclic) bond motifs is 1. The van der Waals surface area contributed by atoms with E-state index in [4.69, 9.17) is 0 Å². The Morgan fingerprint density at radius 2 is 1.97 bits per heavy atom. The number of hydrogen-bond donors (Lipinski definition) is 3. The van der Waals surface area contributed by atoms with E-state index in [1.54, 1.807) is 4.90 Å². The van der Waals surface area contributed by atoms with Crippen LogP contribution < -0.4 is 10.6 Å². The summed E-state index contributed by atoms with van der Waals surface area (Å²) in [6.07, 6.45) is 6.93. The number of carbonyl (C=O) groups excluding carboxylic acids is 4. The molecular weight excluding hydrogens is 444 g/mol. The Morgan fingerprint density at radius 1 is 1.17 bits per heavy atom. The molecule has 35 heavy (non-hydrogen) atoms. The number of H-pyrrole nitrogens is 1. The number of piperidine rings is 1. The van der Waals surface area contributed by atoms with Crippen LogP contribution in [0.3, 0.4) is 0 Å². The summed E-state index contributed by atoms with van der Waals surface area (Å²) in [5, 5.41) is 6.52. The van der Waals surface area contributed by atoms with Crippen LogP contribution in [0.2, 0.25) is 0 Å². The molecule has 1 saturated carbocycles. The highest BCUT2D eigenvalue weighted by Crippen LogP contribution is 2.34. The maximum atomic E-state index is 13.5. The third kappa shape index (κ3) is 6.10. The summed E-state index contributed by atoms with van der Waals surface area (Å²) in [5.74, 6) is -0.0503. The van der Waals surface area contributed by atoms with Crippen LogP contribution in [-0.2, 0) is 14.4 Å². The minimum Gasteiger partial charge on any atom is -0.356 e. The number of nitrogens with zero attached hydrogens (tertiary/aromatic N) is 1. The largest absolute Gasteiger partial charge is 0.356 e. The summed E-state index contributed by atoms with van der Waals surface area (Å²) in [4.78, 5) is 55.1. The normalized spacial score (nSPS) is 23.0. The van der Waals surface area contributed by atoms with Crippen molar-refractivity contribution in [1.29, 1.82) is 0 Å². The number of benzene rings is 1. The molecule has 1 aromatic heterocycles. The predicted octanol–water partition coefficient (Wildman–Crippen LogP) is 3.04. The van der Waals surface area contributed by atoms with E-state index < -0.39 is 6.04 Å². The Labute approximate surface area is 206 Å². The van der Waals surface area contributed by atoms with Crippen LogP contribution in [0.5, 0.6) is 0 Å². The van der Waals surface area contributed by atoms with E-state index in [0.717, 1.165) is 43.0 Å². The number of para-hydroxylation sites is 1. The molecule has 0 radical (unpaired) electrons. The van der Waals surface area contributed by atoms with Crippen LogP contribution >= 0.6 is 0 Å². The van der Waals surface area contributed by atoms with Gasteiger partial charge in [0.05, 0.1) is 12.6 Å². The topological polar surface area (TPSA) is 111 Å². The molecule has 1 aromatic carbocycles. The molecular formula is C27H36N4O4. The maximum Gasteiger partial charge on any atom is 0.270 e. The lowest BCUT2D eigenvalue weighted by molar-refractivity contribution is -0.129. The number of aromatic amines is 1. The molecule has 1 aliphatic carbocycles. The van der Waals surface area contributed by atoms with Gasteiger partial charge in [0.25, 0.3) is 5.91 Å². The van der Waals surface area contributed by atoms with E-state index in [0.29, 0.717) is 43.3 Å². The number of hydrogen-bond acceptors (Lipinski definition) is 4. The van der Waals surface area contributed by atoms with E-state index >= 15 is 0 Å². The van der Waals surface area contributed by atoms with Crippen molar-refractivity contribution in [3.8, 4) is 0 Å². The molecule has 2 aromatic rings. The average molecular weight is 481 g/mol. The lowest BCUT2D eigenvalue weighted by Gasteiger charge is -2.29. The van der Waals surface area contributed by atoms with Gasteiger partial charge in [-0.05, 0) is 49.7 Å². The number of nitrogens with one attached hydrogen (secondary N) is 3. The van der Waals surface area contributed by atoms with Crippen molar-refractivity contribution >= 4 is 34.9 Å². The molecule has 2 fully saturated rings. The first-order chi connectivity index (χ1) is 17.0. The second kappa shape index (κ2) is 11.5. The van der Waals surface area contributed by atoms with Gasteiger partial charge in [0.2, 0.25) is 11.8 Å². The Balaban J connectivity index is 1.46. The number of aldehydes is 1. The quantitative estimate of drug-likeness (QED) is 0.454. The third-order valence-corrected chi connectivity index (χ3v) is 7.63. The highest BCUT2D eigenvalue weighted by atomic mass is 16.2. The van der Waals surface area contributed by atoms with Crippen LogP contribution in [0.1, 0.15) is 62.4 Å². The first kappa shape index (κ1) is 24.9. The van der Waals surface area contributed by atoms with Crippen LogP contribution in [0.4, 0.5) is 0 Å². The molecule has 4 atom stereocenters. The number of aromatic nitrogens is 1. The van der Waals surface area contributed by atoms with Crippen molar-refractivity contribution in [1.82, 2.24) is 20.5 Å². The molecule has 4 rings (SSSR count). The Morgan fingerprint density at radius 3 is 2.71 bits per heavy atom. The molecule has 2 heterocycles. The Kier molecular flexibility index (Phi) is 8.21. The van der Waals surface area contributed by atoms with Crippen molar-refractivity contribution in [3.05, 3.63) is 36.0 Å². The van der Waals surface area contributed by atoms with Crippen LogP contribution in [0.15, 0.2) is 30.3 Å². The number of carbonyl (C=O) groups is 4. The Bertz CT molecular complexity index is 1030. The van der Waals surface area contributed by atoms with Gasteiger partial charge in [-0.2, -0.15) is 0 Å². The minimum absolute atomic E-state index is 0.0696. The van der Waals surface area contributed by atoms with Crippen LogP contribution in [-0.4, -0.2) is 59.6 Å². The number of rotatable bonds is 10. The van der Waals surface area contributed by atoms with Crippen molar-refractivity contribution in [2.45, 2.75) is 57.9 Å². The molecule has 0 bridgehead atoms. The first-order valence-corrected chi connectivity index (χ1v) is 12.9. The fourth-order valence-electron chi connectivity index (χ4n) is 5.69. The summed E-state index contributed by atoms with van der Waals surface area (Å²) < 4.78 is 0. The van der Waals surface area contributed by atoms with Crippen molar-refractivity contribution in [2.75, 3.05) is 19.6 Å². The molecule has 8 nitrogen and oxygen atoms in total. The zero-order valence-electron chi connectivity index (χ0n) is 20.4. The molecule has 1 unspecified atom stereocenters. The van der Waals surface area contributed by atoms with Crippen molar-refractivity contribution < 1.29 is 19.2 Å². The third-order valence-electron chi connectivity index (χ3n) is 7.63. The van der Waals surface area contributed by atoms with Gasteiger partial charge < -0.3 is 25.3 Å². The van der Waals surface area contributed by atoms with Gasteiger partial charge in [-0.15, -0.1) is 0 Å². The van der Waals surface area contributed by atoms with Gasteiger partial charge >= 0.3 is 0 Å². The van der Waals surface area contributed by atoms with Gasteiger partial charge in [-0.25, -0.2) is 0 Å². The molecule has 1 aliphatic heterocycles. The van der Waals surface area contributed by atoms with Crippen molar-refractivity contribution in [3.63, 3.8) is 0 Å². The standard InChI is InChI=1S/C27H36N4O4/c1-2-18-8-5-9-21(18)15-31(27(35)24-14-19-7-3-4-11-23(19)30-24)16-25(33)29-22(17-32)13-20-10-6-12-28-26(20)34/h3-4,7,11,14,17-18,20-22,30H,2,5-6,8-10,12-13,15-16H2,1H3,(H,28,34)(H,29,33)/t18?,20-,21-,22-/m0/s1. The zero-order chi connectivity index (χ0) is 24.8. The van der Waals surface area contributed by atoms with Crippen LogP contribution in [0.25, 0.3) is 10.9 Å². The number of amides is 3. The zero-order valence-corrected chi connectivity index (χ0v) is 20.4. The van der Waals surface area contributed by atoms with Gasteiger partial charge in [0.1, 0.15) is 12.0 Å². The molecule has 1 saturated heterocycles. The van der Waals surface area contributed by atoms with E-state index in [2.05, 4.69) is 22.5 Å². The highest BCUT2D eigenvalue weighted by Gasteiger charge is 2.32. The summed E-state index contributed by atoms with van der Waals surface area (Å²) in [7, 11) is 0. The summed E-state index contributed by atoms with van der Waals surface area (Å²) in [5.41, 5.74) is 1.33. The second-order valence-corrected chi connectivity index (χ2v) is 9.99. The van der Waals surface area contributed by atoms with Crippen molar-refractivity contribution in [2.24, 2.45) is 17.8 Å². The lowest BCUT2D eigenvalue weighted by Crippen LogP contribution is -2.48. The maximum absolute atomic E-state index is 13.5. The first-order valence-electron chi connectivity index (χ1n) is 12.9. The van der Waals surface area contributed by atoms with Gasteiger partial charge in [-0.3, -0.25) is 14.4 Å². The van der Waals surface area contributed by atoms with Crippen LogP contribution in [0, 0.1) is 17.8 Å². The molecule has 0 spiro atoms. The lowest BCUT2D eigenvalue weighted by atomic mass is 9.92. The smallest absolute Gasteiger partial charge is 0.270 e. The minimum atomic E-state index is -0.753. The van der Waals surface area contributed by atoms with E-state index in [1.165, 1.54) is 0 Å². The van der Waals surface area contributed by atoms with E-state index in [1.807, 2.05) is 30.3 Å². The summed E-state index contributed by atoms with van der Waals surface area (Å²) >= 11 is 0. The van der Waals surface area contributed by atoms with Gasteiger partial charge in [0.15, 0.2) is 0 Å². The van der Waals surface area contributed by atoms with E-state index in [-0.39, 0.29) is 36.6 Å². The average Bonchev–Trinajstić information content (AvgIpc) is 3.50. The molecule has 3 N–H and O–H groups in total. The molecule has 8 heteroatoms. The summed E-state index contributed by atoms with van der Waals surface area (Å²) in [6.45, 7) is 3.22. The molecule has 3 amide bonds. The highest BCUT2D eigenvalue weighted by molar-refractivity contribution is 5.99. The fourth-order valence-corrected chi connectivity index (χ4v) is 5.69. The monoisotopic (exact) mass is 480 g/mol. The Hall–Kier alpha value is -3.16.